The van der Waals surface area contributed by atoms with Crippen molar-refractivity contribution >= 4 is 17.4 Å². The van der Waals surface area contributed by atoms with Gasteiger partial charge < -0.3 is 9.40 Å². The Balaban J connectivity index is 1.76. The first-order valence-corrected chi connectivity index (χ1v) is 9.19. The molecule has 0 aliphatic rings. The second kappa shape index (κ2) is 8.12. The van der Waals surface area contributed by atoms with Gasteiger partial charge in [-0.25, -0.2) is 4.98 Å². The van der Waals surface area contributed by atoms with Gasteiger partial charge in [-0.3, -0.25) is 14.9 Å². The Morgan fingerprint density at radius 2 is 2.04 bits per heavy atom. The number of nitrogens with one attached hydrogen (secondary N) is 1. The van der Waals surface area contributed by atoms with Crippen LogP contribution >= 0.6 is 11.8 Å². The number of non-ortho nitro benzene ring substituents is 1. The third-order valence-electron chi connectivity index (χ3n) is 3.68. The summed E-state index contributed by atoms with van der Waals surface area (Å²) in [7, 11) is 0. The maximum Gasteiger partial charge on any atom is 0.269 e. The lowest BCUT2D eigenvalue weighted by Crippen LogP contribution is -2.10. The van der Waals surface area contributed by atoms with Crippen LogP contribution < -0.4 is 5.56 Å². The standard InChI is InChI=1S/C17H17N5O4S/c1-3-4-12-9-14(23)19-17(18-12)27-10(2)15-20-21-16(26-15)11-5-7-13(8-6-11)22(24)25/h5-10H,3-4H2,1-2H3,(H,18,19,23). The van der Waals surface area contributed by atoms with E-state index in [0.717, 1.165) is 18.5 Å². The maximum atomic E-state index is 11.8. The van der Waals surface area contributed by atoms with E-state index in [9.17, 15) is 14.9 Å². The fraction of sp³-hybridized carbons (Fsp3) is 0.294. The van der Waals surface area contributed by atoms with Gasteiger partial charge in [0.25, 0.3) is 11.2 Å². The topological polar surface area (TPSA) is 128 Å². The SMILES string of the molecule is CCCc1cc(=O)[nH]c(SC(C)c2nnc(-c3ccc([N+](=O)[O-])cc3)o2)n1. The van der Waals surface area contributed by atoms with Gasteiger partial charge in [0.2, 0.25) is 11.8 Å². The molecule has 10 heteroatoms. The maximum absolute atomic E-state index is 11.8. The van der Waals surface area contributed by atoms with Crippen molar-refractivity contribution in [1.29, 1.82) is 0 Å². The number of hydrogen-bond acceptors (Lipinski definition) is 8. The summed E-state index contributed by atoms with van der Waals surface area (Å²) in [4.78, 5) is 29.2. The average molecular weight is 387 g/mol. The summed E-state index contributed by atoms with van der Waals surface area (Å²) in [6.07, 6.45) is 1.63. The Labute approximate surface area is 158 Å². The molecular weight excluding hydrogens is 370 g/mol. The van der Waals surface area contributed by atoms with Crippen LogP contribution in [-0.2, 0) is 6.42 Å². The number of aryl methyl sites for hydroxylation is 1. The summed E-state index contributed by atoms with van der Waals surface area (Å²) in [6, 6.07) is 7.37. The third kappa shape index (κ3) is 4.59. The highest BCUT2D eigenvalue weighted by molar-refractivity contribution is 7.99. The van der Waals surface area contributed by atoms with Crippen LogP contribution in [0.1, 0.15) is 37.1 Å². The fourth-order valence-corrected chi connectivity index (χ4v) is 3.24. The van der Waals surface area contributed by atoms with Crippen molar-refractivity contribution in [2.75, 3.05) is 0 Å². The first-order chi connectivity index (χ1) is 13.0. The molecule has 1 aromatic carbocycles. The number of hydrogen-bond donors (Lipinski definition) is 1. The molecule has 0 aliphatic heterocycles. The van der Waals surface area contributed by atoms with Gasteiger partial charge in [0.1, 0.15) is 0 Å². The van der Waals surface area contributed by atoms with Crippen LogP contribution in [0.15, 0.2) is 44.7 Å². The van der Waals surface area contributed by atoms with Crippen LogP contribution in [0.5, 0.6) is 0 Å². The van der Waals surface area contributed by atoms with Crippen LogP contribution in [-0.4, -0.2) is 25.1 Å². The van der Waals surface area contributed by atoms with E-state index in [2.05, 4.69) is 20.2 Å². The number of aromatic nitrogens is 4. The molecule has 1 atom stereocenters. The minimum atomic E-state index is -0.470. The molecule has 0 saturated carbocycles. The minimum Gasteiger partial charge on any atom is -0.419 e. The van der Waals surface area contributed by atoms with Gasteiger partial charge in [-0.15, -0.1) is 10.2 Å². The number of nitro groups is 1. The Kier molecular flexibility index (Phi) is 5.65. The number of nitrogens with zero attached hydrogens (tertiary/aromatic N) is 4. The minimum absolute atomic E-state index is 0.00981. The van der Waals surface area contributed by atoms with Crippen LogP contribution in [0.4, 0.5) is 5.69 Å². The largest absolute Gasteiger partial charge is 0.419 e. The summed E-state index contributed by atoms with van der Waals surface area (Å²) in [6.45, 7) is 3.89. The molecule has 1 N–H and O–H groups in total. The summed E-state index contributed by atoms with van der Waals surface area (Å²) < 4.78 is 5.68. The lowest BCUT2D eigenvalue weighted by Gasteiger charge is -2.07. The number of rotatable bonds is 7. The molecule has 0 saturated heterocycles. The Morgan fingerprint density at radius 3 is 2.70 bits per heavy atom. The van der Waals surface area contributed by atoms with E-state index in [-0.39, 0.29) is 22.4 Å². The first-order valence-electron chi connectivity index (χ1n) is 8.31. The molecule has 0 spiro atoms. The Hall–Kier alpha value is -3.01. The molecule has 0 bridgehead atoms. The van der Waals surface area contributed by atoms with Gasteiger partial charge in [-0.1, -0.05) is 25.1 Å². The molecule has 27 heavy (non-hydrogen) atoms. The molecule has 9 nitrogen and oxygen atoms in total. The van der Waals surface area contributed by atoms with Crippen molar-refractivity contribution in [3.63, 3.8) is 0 Å². The van der Waals surface area contributed by atoms with Gasteiger partial charge in [0.05, 0.1) is 10.2 Å². The second-order valence-corrected chi connectivity index (χ2v) is 7.13. The average Bonchev–Trinajstić information content (AvgIpc) is 3.12. The van der Waals surface area contributed by atoms with Crippen molar-refractivity contribution in [2.45, 2.75) is 37.1 Å². The molecule has 0 radical (unpaired) electrons. The van der Waals surface area contributed by atoms with Gasteiger partial charge >= 0.3 is 0 Å². The quantitative estimate of drug-likeness (QED) is 0.282. The molecule has 2 heterocycles. The van der Waals surface area contributed by atoms with Gasteiger partial charge in [-0.05, 0) is 25.5 Å². The normalized spacial score (nSPS) is 12.1. The van der Waals surface area contributed by atoms with Crippen molar-refractivity contribution in [3.8, 4) is 11.5 Å². The molecule has 140 valence electrons. The number of H-pyrrole nitrogens is 1. The number of nitro benzene ring substituents is 1. The zero-order valence-electron chi connectivity index (χ0n) is 14.7. The van der Waals surface area contributed by atoms with Crippen molar-refractivity contribution in [3.05, 3.63) is 62.4 Å². The number of aromatic amines is 1. The lowest BCUT2D eigenvalue weighted by molar-refractivity contribution is -0.384. The zero-order valence-corrected chi connectivity index (χ0v) is 15.5. The zero-order chi connectivity index (χ0) is 19.4. The van der Waals surface area contributed by atoms with Crippen LogP contribution in [0.3, 0.4) is 0 Å². The highest BCUT2D eigenvalue weighted by Gasteiger charge is 2.18. The van der Waals surface area contributed by atoms with Crippen molar-refractivity contribution in [1.82, 2.24) is 20.2 Å². The summed E-state index contributed by atoms with van der Waals surface area (Å²) in [5.41, 5.74) is 1.13. The smallest absolute Gasteiger partial charge is 0.269 e. The third-order valence-corrected chi connectivity index (χ3v) is 4.65. The van der Waals surface area contributed by atoms with E-state index in [1.54, 1.807) is 12.1 Å². The van der Waals surface area contributed by atoms with Crippen molar-refractivity contribution < 1.29 is 9.34 Å². The highest BCUT2D eigenvalue weighted by atomic mass is 32.2. The fourth-order valence-electron chi connectivity index (χ4n) is 2.38. The predicted octanol–water partition coefficient (Wildman–Crippen LogP) is 3.53. The first kappa shape index (κ1) is 18.8. The second-order valence-electron chi connectivity index (χ2n) is 5.80. The van der Waals surface area contributed by atoms with Crippen molar-refractivity contribution in [2.24, 2.45) is 0 Å². The van der Waals surface area contributed by atoms with Crippen LogP contribution in [0, 0.1) is 10.1 Å². The summed E-state index contributed by atoms with van der Waals surface area (Å²) >= 11 is 1.31. The lowest BCUT2D eigenvalue weighted by atomic mass is 10.2. The van der Waals surface area contributed by atoms with E-state index < -0.39 is 4.92 Å². The summed E-state index contributed by atoms with van der Waals surface area (Å²) in [5.74, 6) is 0.644. The van der Waals surface area contributed by atoms with Gasteiger partial charge in [-0.2, -0.15) is 0 Å². The van der Waals surface area contributed by atoms with E-state index in [1.165, 1.54) is 30.0 Å². The molecule has 0 aliphatic carbocycles. The van der Waals surface area contributed by atoms with E-state index in [4.69, 9.17) is 4.42 Å². The van der Waals surface area contributed by atoms with Crippen LogP contribution in [0.25, 0.3) is 11.5 Å². The molecule has 2 aromatic heterocycles. The van der Waals surface area contributed by atoms with E-state index in [0.29, 0.717) is 16.6 Å². The van der Waals surface area contributed by atoms with Gasteiger partial charge in [0, 0.05) is 29.5 Å². The Morgan fingerprint density at radius 1 is 1.30 bits per heavy atom. The Bertz CT molecular complexity index is 999. The molecule has 0 amide bonds. The van der Waals surface area contributed by atoms with E-state index >= 15 is 0 Å². The van der Waals surface area contributed by atoms with E-state index in [1.807, 2.05) is 13.8 Å². The highest BCUT2D eigenvalue weighted by Crippen LogP contribution is 2.33. The van der Waals surface area contributed by atoms with Gasteiger partial charge in [0.15, 0.2) is 5.16 Å². The molecular formula is C17H17N5O4S. The number of thioether (sulfide) groups is 1. The molecule has 1 unspecified atom stereocenters. The number of benzene rings is 1. The molecule has 3 aromatic rings. The summed E-state index contributed by atoms with van der Waals surface area (Å²) in [5, 5.41) is 19.0. The molecule has 0 fully saturated rings. The monoisotopic (exact) mass is 387 g/mol. The molecule has 3 rings (SSSR count). The van der Waals surface area contributed by atoms with Crippen LogP contribution in [0.2, 0.25) is 0 Å². The predicted molar refractivity (Wildman–Crippen MR) is 99.5 cm³/mol.